The SMILES string of the molecule is Nc1ccc(F)c(F)c1NC(=O)c1ccsc1. The minimum absolute atomic E-state index is 0.0209. The normalized spacial score (nSPS) is 10.2. The second kappa shape index (κ2) is 4.50. The molecule has 1 aromatic carbocycles. The van der Waals surface area contributed by atoms with Crippen molar-refractivity contribution in [3.8, 4) is 0 Å². The van der Waals surface area contributed by atoms with E-state index in [9.17, 15) is 13.6 Å². The summed E-state index contributed by atoms with van der Waals surface area (Å²) in [6.45, 7) is 0. The third-order valence-electron chi connectivity index (χ3n) is 2.15. The van der Waals surface area contributed by atoms with Crippen molar-refractivity contribution in [2.75, 3.05) is 11.1 Å². The van der Waals surface area contributed by atoms with E-state index < -0.39 is 17.5 Å². The average Bonchev–Trinajstić information content (AvgIpc) is 2.83. The highest BCUT2D eigenvalue weighted by Gasteiger charge is 2.15. The summed E-state index contributed by atoms with van der Waals surface area (Å²) in [6, 6.07) is 3.68. The van der Waals surface area contributed by atoms with Gasteiger partial charge in [-0.25, -0.2) is 8.78 Å². The summed E-state index contributed by atoms with van der Waals surface area (Å²) in [5.74, 6) is -2.74. The number of nitrogen functional groups attached to an aromatic ring is 1. The van der Waals surface area contributed by atoms with Gasteiger partial charge in [-0.1, -0.05) is 0 Å². The van der Waals surface area contributed by atoms with Crippen LogP contribution in [0.3, 0.4) is 0 Å². The molecule has 0 aliphatic heterocycles. The molecule has 6 heteroatoms. The Morgan fingerprint density at radius 2 is 2.06 bits per heavy atom. The van der Waals surface area contributed by atoms with Crippen molar-refractivity contribution in [3.05, 3.63) is 46.2 Å². The number of hydrogen-bond donors (Lipinski definition) is 2. The monoisotopic (exact) mass is 254 g/mol. The number of nitrogens with one attached hydrogen (secondary N) is 1. The molecule has 1 aromatic heterocycles. The quantitative estimate of drug-likeness (QED) is 0.810. The van der Waals surface area contributed by atoms with Crippen molar-refractivity contribution in [1.82, 2.24) is 0 Å². The number of anilines is 2. The van der Waals surface area contributed by atoms with Crippen LogP contribution in [0.2, 0.25) is 0 Å². The van der Waals surface area contributed by atoms with Gasteiger partial charge in [0.25, 0.3) is 5.91 Å². The van der Waals surface area contributed by atoms with Crippen LogP contribution in [-0.4, -0.2) is 5.91 Å². The number of carbonyl (C=O) groups is 1. The van der Waals surface area contributed by atoms with Gasteiger partial charge in [-0.15, -0.1) is 0 Å². The van der Waals surface area contributed by atoms with Gasteiger partial charge >= 0.3 is 0 Å². The lowest BCUT2D eigenvalue weighted by atomic mass is 10.2. The molecule has 3 N–H and O–H groups in total. The van der Waals surface area contributed by atoms with E-state index in [1.54, 1.807) is 16.8 Å². The van der Waals surface area contributed by atoms with Crippen LogP contribution in [0.25, 0.3) is 0 Å². The smallest absolute Gasteiger partial charge is 0.256 e. The van der Waals surface area contributed by atoms with Crippen LogP contribution in [0.5, 0.6) is 0 Å². The molecule has 0 unspecified atom stereocenters. The average molecular weight is 254 g/mol. The number of amides is 1. The number of halogens is 2. The number of thiophene rings is 1. The molecule has 0 aliphatic rings. The van der Waals surface area contributed by atoms with Crippen molar-refractivity contribution in [1.29, 1.82) is 0 Å². The fraction of sp³-hybridized carbons (Fsp3) is 0. The van der Waals surface area contributed by atoms with Gasteiger partial charge in [0.15, 0.2) is 11.6 Å². The van der Waals surface area contributed by atoms with Gasteiger partial charge in [0.2, 0.25) is 0 Å². The van der Waals surface area contributed by atoms with Crippen LogP contribution in [0.15, 0.2) is 29.0 Å². The van der Waals surface area contributed by atoms with Crippen LogP contribution >= 0.6 is 11.3 Å². The molecule has 0 fully saturated rings. The molecule has 0 bridgehead atoms. The standard InChI is InChI=1S/C11H8F2N2OS/c12-7-1-2-8(14)10(9(7)13)15-11(16)6-3-4-17-5-6/h1-5H,14H2,(H,15,16). The summed E-state index contributed by atoms with van der Waals surface area (Å²) >= 11 is 1.33. The Labute approximate surface area is 99.9 Å². The lowest BCUT2D eigenvalue weighted by molar-refractivity contribution is 0.102. The van der Waals surface area contributed by atoms with Gasteiger partial charge in [0.1, 0.15) is 5.69 Å². The highest BCUT2D eigenvalue weighted by atomic mass is 32.1. The topological polar surface area (TPSA) is 55.1 Å². The maximum absolute atomic E-state index is 13.4. The molecule has 3 nitrogen and oxygen atoms in total. The molecular formula is C11H8F2N2OS. The van der Waals surface area contributed by atoms with E-state index in [2.05, 4.69) is 5.32 Å². The molecule has 0 radical (unpaired) electrons. The van der Waals surface area contributed by atoms with Crippen molar-refractivity contribution >= 4 is 28.6 Å². The Morgan fingerprint density at radius 1 is 1.29 bits per heavy atom. The lowest BCUT2D eigenvalue weighted by Crippen LogP contribution is -2.14. The van der Waals surface area contributed by atoms with Crippen molar-refractivity contribution in [3.63, 3.8) is 0 Å². The Bertz CT molecular complexity index is 555. The van der Waals surface area contributed by atoms with E-state index >= 15 is 0 Å². The largest absolute Gasteiger partial charge is 0.397 e. The molecule has 0 aliphatic carbocycles. The fourth-order valence-corrected chi connectivity index (χ4v) is 1.91. The predicted molar refractivity (Wildman–Crippen MR) is 63.0 cm³/mol. The molecule has 1 heterocycles. The van der Waals surface area contributed by atoms with E-state index in [1.165, 1.54) is 17.4 Å². The number of benzene rings is 1. The zero-order valence-electron chi connectivity index (χ0n) is 8.54. The number of hydrogen-bond acceptors (Lipinski definition) is 3. The molecular weight excluding hydrogens is 246 g/mol. The van der Waals surface area contributed by atoms with Gasteiger partial charge in [0, 0.05) is 5.38 Å². The molecule has 0 saturated heterocycles. The summed E-state index contributed by atoms with van der Waals surface area (Å²) in [4.78, 5) is 11.6. The molecule has 88 valence electrons. The molecule has 0 saturated carbocycles. The second-order valence-electron chi connectivity index (χ2n) is 3.29. The molecule has 2 rings (SSSR count). The van der Waals surface area contributed by atoms with E-state index in [0.717, 1.165) is 6.07 Å². The zero-order chi connectivity index (χ0) is 12.4. The Kier molecular flexibility index (Phi) is 3.06. The molecule has 0 atom stereocenters. The molecule has 17 heavy (non-hydrogen) atoms. The lowest BCUT2D eigenvalue weighted by Gasteiger charge is -2.08. The highest BCUT2D eigenvalue weighted by Crippen LogP contribution is 2.25. The van der Waals surface area contributed by atoms with E-state index in [-0.39, 0.29) is 11.4 Å². The fourth-order valence-electron chi connectivity index (χ4n) is 1.27. The minimum Gasteiger partial charge on any atom is -0.397 e. The first kappa shape index (κ1) is 11.5. The van der Waals surface area contributed by atoms with Crippen LogP contribution in [-0.2, 0) is 0 Å². The highest BCUT2D eigenvalue weighted by molar-refractivity contribution is 7.08. The van der Waals surface area contributed by atoms with Crippen LogP contribution < -0.4 is 11.1 Å². The van der Waals surface area contributed by atoms with Crippen molar-refractivity contribution in [2.45, 2.75) is 0 Å². The third kappa shape index (κ3) is 2.26. The van der Waals surface area contributed by atoms with E-state index in [4.69, 9.17) is 5.73 Å². The van der Waals surface area contributed by atoms with Gasteiger partial charge < -0.3 is 11.1 Å². The van der Waals surface area contributed by atoms with Crippen LogP contribution in [0.4, 0.5) is 20.2 Å². The number of rotatable bonds is 2. The zero-order valence-corrected chi connectivity index (χ0v) is 9.35. The van der Waals surface area contributed by atoms with Gasteiger partial charge in [-0.05, 0) is 23.6 Å². The molecule has 1 amide bonds. The Hall–Kier alpha value is -1.95. The minimum atomic E-state index is -1.16. The summed E-state index contributed by atoms with van der Waals surface area (Å²) in [5, 5.41) is 5.56. The summed E-state index contributed by atoms with van der Waals surface area (Å²) in [7, 11) is 0. The van der Waals surface area contributed by atoms with Gasteiger partial charge in [-0.2, -0.15) is 11.3 Å². The van der Waals surface area contributed by atoms with Crippen LogP contribution in [0.1, 0.15) is 10.4 Å². The maximum Gasteiger partial charge on any atom is 0.256 e. The maximum atomic E-state index is 13.4. The van der Waals surface area contributed by atoms with Gasteiger partial charge in [-0.3, -0.25) is 4.79 Å². The first-order chi connectivity index (χ1) is 8.09. The van der Waals surface area contributed by atoms with Gasteiger partial charge in [0.05, 0.1) is 11.3 Å². The van der Waals surface area contributed by atoms with Crippen molar-refractivity contribution < 1.29 is 13.6 Å². The van der Waals surface area contributed by atoms with E-state index in [1.807, 2.05) is 0 Å². The number of carbonyl (C=O) groups excluding carboxylic acids is 1. The molecule has 0 spiro atoms. The summed E-state index contributed by atoms with van der Waals surface area (Å²) in [5.41, 5.74) is 5.49. The summed E-state index contributed by atoms with van der Waals surface area (Å²) < 4.78 is 26.4. The summed E-state index contributed by atoms with van der Waals surface area (Å²) in [6.07, 6.45) is 0. The Balaban J connectivity index is 2.31. The van der Waals surface area contributed by atoms with Crippen LogP contribution in [0, 0.1) is 11.6 Å². The first-order valence-corrected chi connectivity index (χ1v) is 5.61. The first-order valence-electron chi connectivity index (χ1n) is 4.66. The van der Waals surface area contributed by atoms with E-state index in [0.29, 0.717) is 5.56 Å². The third-order valence-corrected chi connectivity index (χ3v) is 2.83. The number of nitrogens with two attached hydrogens (primary N) is 1. The Morgan fingerprint density at radius 3 is 2.71 bits per heavy atom. The predicted octanol–water partition coefficient (Wildman–Crippen LogP) is 2.86. The second-order valence-corrected chi connectivity index (χ2v) is 4.07. The van der Waals surface area contributed by atoms with Crippen molar-refractivity contribution in [2.24, 2.45) is 0 Å². The molecule has 2 aromatic rings.